The van der Waals surface area contributed by atoms with E-state index in [0.29, 0.717) is 43.2 Å². The van der Waals surface area contributed by atoms with Crippen molar-refractivity contribution in [1.82, 2.24) is 14.1 Å². The number of nitrogens with zero attached hydrogens (tertiary/aromatic N) is 4. The van der Waals surface area contributed by atoms with Crippen LogP contribution in [0, 0.1) is 11.3 Å². The van der Waals surface area contributed by atoms with E-state index in [-0.39, 0.29) is 0 Å². The third-order valence-corrected chi connectivity index (χ3v) is 5.80. The molecule has 0 saturated carbocycles. The summed E-state index contributed by atoms with van der Waals surface area (Å²) in [5, 5.41) is 8.94. The van der Waals surface area contributed by atoms with Crippen LogP contribution in [0.2, 0.25) is 0 Å². The summed E-state index contributed by atoms with van der Waals surface area (Å²) in [4.78, 5) is 6.36. The Bertz CT molecular complexity index is 837. The molecule has 0 radical (unpaired) electrons. The quantitative estimate of drug-likeness (QED) is 0.897. The minimum Gasteiger partial charge on any atom is -0.353 e. The molecule has 7 nitrogen and oxygen atoms in total. The number of imidazole rings is 1. The van der Waals surface area contributed by atoms with Crippen LogP contribution in [0.4, 0.5) is 5.82 Å². The number of hydrogen-bond acceptors (Lipinski definition) is 5. The number of fused-ring (bicyclic) bond motifs is 1. The molecule has 1 unspecified atom stereocenters. The summed E-state index contributed by atoms with van der Waals surface area (Å²) in [6, 6.07) is 7.69. The third-order valence-electron chi connectivity index (χ3n) is 3.85. The molecule has 0 aliphatic carbocycles. The molecule has 1 atom stereocenters. The van der Waals surface area contributed by atoms with E-state index >= 15 is 0 Å². The standard InChI is InChI=1S/C14H17N5O2S/c1-2-16-22(20,21)11-6-8-18(10-11)14-12(9-15)19-7-4-3-5-13(19)17-14/h3-5,7,11,16H,2,6,8,10H2,1H3. The lowest BCUT2D eigenvalue weighted by Crippen LogP contribution is -2.36. The van der Waals surface area contributed by atoms with Gasteiger partial charge in [0.2, 0.25) is 10.0 Å². The van der Waals surface area contributed by atoms with Crippen LogP contribution in [0.1, 0.15) is 19.0 Å². The van der Waals surface area contributed by atoms with E-state index in [4.69, 9.17) is 0 Å². The predicted molar refractivity (Wildman–Crippen MR) is 83.1 cm³/mol. The van der Waals surface area contributed by atoms with Gasteiger partial charge in [0.15, 0.2) is 11.5 Å². The minimum atomic E-state index is -3.31. The van der Waals surface area contributed by atoms with Crippen LogP contribution in [0.3, 0.4) is 0 Å². The first-order chi connectivity index (χ1) is 10.6. The number of nitrogens with one attached hydrogen (secondary N) is 1. The highest BCUT2D eigenvalue weighted by Gasteiger charge is 2.34. The molecule has 3 rings (SSSR count). The number of pyridine rings is 1. The van der Waals surface area contributed by atoms with Crippen molar-refractivity contribution >= 4 is 21.5 Å². The summed E-state index contributed by atoms with van der Waals surface area (Å²) >= 11 is 0. The van der Waals surface area contributed by atoms with Gasteiger partial charge in [0.1, 0.15) is 11.7 Å². The molecule has 1 saturated heterocycles. The smallest absolute Gasteiger partial charge is 0.216 e. The lowest BCUT2D eigenvalue weighted by Gasteiger charge is -2.16. The molecule has 2 aromatic rings. The van der Waals surface area contributed by atoms with Crippen LogP contribution in [0.25, 0.3) is 5.65 Å². The first-order valence-electron chi connectivity index (χ1n) is 7.17. The molecule has 116 valence electrons. The lowest BCUT2D eigenvalue weighted by atomic mass is 10.4. The molecule has 2 aromatic heterocycles. The Morgan fingerprint density at radius 2 is 2.32 bits per heavy atom. The minimum absolute atomic E-state index is 0.355. The van der Waals surface area contributed by atoms with Gasteiger partial charge in [-0.2, -0.15) is 5.26 Å². The Morgan fingerprint density at radius 3 is 3.05 bits per heavy atom. The summed E-state index contributed by atoms with van der Waals surface area (Å²) < 4.78 is 28.5. The van der Waals surface area contributed by atoms with Gasteiger partial charge < -0.3 is 4.90 Å². The first-order valence-corrected chi connectivity index (χ1v) is 8.72. The summed E-state index contributed by atoms with van der Waals surface area (Å²) in [6.07, 6.45) is 2.32. The van der Waals surface area contributed by atoms with E-state index < -0.39 is 15.3 Å². The van der Waals surface area contributed by atoms with Crippen molar-refractivity contribution < 1.29 is 8.42 Å². The number of rotatable bonds is 4. The van der Waals surface area contributed by atoms with E-state index in [9.17, 15) is 13.7 Å². The highest BCUT2D eigenvalue weighted by atomic mass is 32.2. The molecule has 1 aliphatic heterocycles. The lowest BCUT2D eigenvalue weighted by molar-refractivity contribution is 0.571. The van der Waals surface area contributed by atoms with Gasteiger partial charge in [-0.15, -0.1) is 0 Å². The van der Waals surface area contributed by atoms with Crippen LogP contribution >= 0.6 is 0 Å². The van der Waals surface area contributed by atoms with Crippen molar-refractivity contribution in [2.45, 2.75) is 18.6 Å². The molecular weight excluding hydrogens is 302 g/mol. The average Bonchev–Trinajstić information content (AvgIpc) is 3.11. The monoisotopic (exact) mass is 319 g/mol. The first kappa shape index (κ1) is 14.8. The molecule has 1 fully saturated rings. The van der Waals surface area contributed by atoms with Crippen molar-refractivity contribution in [2.24, 2.45) is 0 Å². The van der Waals surface area contributed by atoms with Gasteiger partial charge >= 0.3 is 0 Å². The average molecular weight is 319 g/mol. The number of sulfonamides is 1. The third kappa shape index (κ3) is 2.42. The van der Waals surface area contributed by atoms with E-state index in [0.717, 1.165) is 0 Å². The molecule has 8 heteroatoms. The molecular formula is C14H17N5O2S. The summed E-state index contributed by atoms with van der Waals surface area (Å²) in [7, 11) is -3.31. The highest BCUT2D eigenvalue weighted by Crippen LogP contribution is 2.26. The molecule has 0 aromatic carbocycles. The maximum absolute atomic E-state index is 12.1. The van der Waals surface area contributed by atoms with E-state index in [1.54, 1.807) is 17.5 Å². The zero-order valence-corrected chi connectivity index (χ0v) is 13.0. The van der Waals surface area contributed by atoms with Crippen molar-refractivity contribution in [3.05, 3.63) is 30.1 Å². The zero-order chi connectivity index (χ0) is 15.7. The van der Waals surface area contributed by atoms with Gasteiger partial charge in [-0.25, -0.2) is 18.1 Å². The molecule has 22 heavy (non-hydrogen) atoms. The SMILES string of the molecule is CCNS(=O)(=O)C1CCN(c2nc3ccccn3c2C#N)C1. The predicted octanol–water partition coefficient (Wildman–Crippen LogP) is 0.724. The van der Waals surface area contributed by atoms with E-state index in [1.807, 2.05) is 23.1 Å². The largest absolute Gasteiger partial charge is 0.353 e. The summed E-state index contributed by atoms with van der Waals surface area (Å²) in [6.45, 7) is 3.08. The van der Waals surface area contributed by atoms with E-state index in [1.165, 1.54) is 0 Å². The summed E-state index contributed by atoms with van der Waals surface area (Å²) in [5.41, 5.74) is 1.13. The molecule has 0 amide bonds. The molecule has 1 aliphatic rings. The van der Waals surface area contributed by atoms with E-state index in [2.05, 4.69) is 15.8 Å². The topological polar surface area (TPSA) is 90.5 Å². The Kier molecular flexibility index (Phi) is 3.76. The Hall–Kier alpha value is -2.11. The maximum atomic E-state index is 12.1. The maximum Gasteiger partial charge on any atom is 0.216 e. The van der Waals surface area contributed by atoms with Gasteiger partial charge in [0.25, 0.3) is 0 Å². The molecule has 1 N–H and O–H groups in total. The fourth-order valence-corrected chi connectivity index (χ4v) is 4.23. The van der Waals surface area contributed by atoms with Crippen LogP contribution in [0.5, 0.6) is 0 Å². The second-order valence-corrected chi connectivity index (χ2v) is 7.27. The Morgan fingerprint density at radius 1 is 1.50 bits per heavy atom. The van der Waals surface area contributed by atoms with Crippen molar-refractivity contribution in [2.75, 3.05) is 24.5 Å². The van der Waals surface area contributed by atoms with Crippen molar-refractivity contribution in [3.8, 4) is 6.07 Å². The van der Waals surface area contributed by atoms with Gasteiger partial charge in [0.05, 0.1) is 5.25 Å². The second kappa shape index (κ2) is 5.59. The Balaban J connectivity index is 1.92. The van der Waals surface area contributed by atoms with Crippen LogP contribution in [-0.2, 0) is 10.0 Å². The second-order valence-electron chi connectivity index (χ2n) is 5.22. The Labute approximate surface area is 129 Å². The van der Waals surface area contributed by atoms with Crippen LogP contribution in [0.15, 0.2) is 24.4 Å². The summed E-state index contributed by atoms with van der Waals surface area (Å²) in [5.74, 6) is 0.558. The zero-order valence-electron chi connectivity index (χ0n) is 12.2. The molecule has 0 bridgehead atoms. The van der Waals surface area contributed by atoms with Crippen LogP contribution < -0.4 is 9.62 Å². The van der Waals surface area contributed by atoms with Gasteiger partial charge in [-0.05, 0) is 18.6 Å². The van der Waals surface area contributed by atoms with Gasteiger partial charge in [0, 0.05) is 25.8 Å². The van der Waals surface area contributed by atoms with Gasteiger partial charge in [-0.1, -0.05) is 13.0 Å². The van der Waals surface area contributed by atoms with Crippen LogP contribution in [-0.4, -0.2) is 42.7 Å². The number of anilines is 1. The fourth-order valence-electron chi connectivity index (χ4n) is 2.80. The number of nitriles is 1. The normalized spacial score (nSPS) is 18.7. The fraction of sp³-hybridized carbons (Fsp3) is 0.429. The van der Waals surface area contributed by atoms with Crippen molar-refractivity contribution in [3.63, 3.8) is 0 Å². The molecule has 3 heterocycles. The van der Waals surface area contributed by atoms with Gasteiger partial charge in [-0.3, -0.25) is 4.40 Å². The highest BCUT2D eigenvalue weighted by molar-refractivity contribution is 7.90. The van der Waals surface area contributed by atoms with Crippen molar-refractivity contribution in [1.29, 1.82) is 5.26 Å². The number of hydrogen-bond donors (Lipinski definition) is 1. The molecule has 0 spiro atoms. The number of aromatic nitrogens is 2.